The van der Waals surface area contributed by atoms with E-state index in [9.17, 15) is 4.79 Å². The van der Waals surface area contributed by atoms with Crippen molar-refractivity contribution in [2.75, 3.05) is 13.1 Å². The van der Waals surface area contributed by atoms with Gasteiger partial charge >= 0.3 is 0 Å². The number of rotatable bonds is 7. The SMILES string of the molecule is CCN(CC)C(C)NC(=O)CC1(c2ccccc2)Oc2ccccc2O1. The second kappa shape index (κ2) is 7.79. The Kier molecular flexibility index (Phi) is 5.47. The molecule has 5 nitrogen and oxygen atoms in total. The van der Waals surface area contributed by atoms with E-state index in [1.807, 2.05) is 61.5 Å². The summed E-state index contributed by atoms with van der Waals surface area (Å²) in [5, 5.41) is 3.06. The van der Waals surface area contributed by atoms with Crippen molar-refractivity contribution >= 4 is 5.91 Å². The summed E-state index contributed by atoms with van der Waals surface area (Å²) in [6, 6.07) is 17.1. The molecule has 1 atom stereocenters. The second-order valence-electron chi connectivity index (χ2n) is 6.41. The van der Waals surface area contributed by atoms with Gasteiger partial charge in [-0.25, -0.2) is 0 Å². The number of carbonyl (C=O) groups excluding carboxylic acids is 1. The fourth-order valence-corrected chi connectivity index (χ4v) is 3.34. The maximum atomic E-state index is 12.8. The molecule has 3 rings (SSSR count). The Hall–Kier alpha value is -2.53. The average Bonchev–Trinajstić information content (AvgIpc) is 3.02. The van der Waals surface area contributed by atoms with Crippen molar-refractivity contribution in [1.29, 1.82) is 0 Å². The van der Waals surface area contributed by atoms with Crippen LogP contribution in [0.4, 0.5) is 0 Å². The van der Waals surface area contributed by atoms with Gasteiger partial charge in [-0.05, 0) is 32.1 Å². The van der Waals surface area contributed by atoms with Crippen molar-refractivity contribution in [2.24, 2.45) is 0 Å². The molecule has 1 N–H and O–H groups in total. The lowest BCUT2D eigenvalue weighted by Crippen LogP contribution is -2.49. The molecular formula is C21H26N2O3. The van der Waals surface area contributed by atoms with Crippen LogP contribution in [-0.2, 0) is 10.6 Å². The van der Waals surface area contributed by atoms with Crippen molar-refractivity contribution in [3.63, 3.8) is 0 Å². The number of hydrogen-bond donors (Lipinski definition) is 1. The molecule has 2 aromatic carbocycles. The van der Waals surface area contributed by atoms with Crippen molar-refractivity contribution in [2.45, 2.75) is 39.1 Å². The first-order valence-electron chi connectivity index (χ1n) is 9.14. The highest BCUT2D eigenvalue weighted by molar-refractivity contribution is 5.77. The van der Waals surface area contributed by atoms with Crippen molar-refractivity contribution in [3.05, 3.63) is 60.2 Å². The average molecular weight is 354 g/mol. The topological polar surface area (TPSA) is 50.8 Å². The lowest BCUT2D eigenvalue weighted by Gasteiger charge is -2.30. The Labute approximate surface area is 154 Å². The molecule has 1 unspecified atom stereocenters. The minimum atomic E-state index is -1.14. The summed E-state index contributed by atoms with van der Waals surface area (Å²) in [6.45, 7) is 7.90. The number of carbonyl (C=O) groups is 1. The molecule has 1 aliphatic heterocycles. The van der Waals surface area contributed by atoms with Gasteiger partial charge in [0.25, 0.3) is 5.79 Å². The summed E-state index contributed by atoms with van der Waals surface area (Å²) < 4.78 is 12.3. The molecule has 0 bridgehead atoms. The number of para-hydroxylation sites is 2. The van der Waals surface area contributed by atoms with E-state index in [0.29, 0.717) is 11.5 Å². The second-order valence-corrected chi connectivity index (χ2v) is 6.41. The van der Waals surface area contributed by atoms with E-state index in [1.165, 1.54) is 0 Å². The predicted molar refractivity (Wildman–Crippen MR) is 101 cm³/mol. The zero-order chi connectivity index (χ0) is 18.6. The highest BCUT2D eigenvalue weighted by atomic mass is 16.7. The van der Waals surface area contributed by atoms with Crippen molar-refractivity contribution in [1.82, 2.24) is 10.2 Å². The van der Waals surface area contributed by atoms with Gasteiger partial charge in [0, 0.05) is 5.56 Å². The third-order valence-electron chi connectivity index (χ3n) is 4.74. The van der Waals surface area contributed by atoms with Crippen LogP contribution in [-0.4, -0.2) is 30.1 Å². The summed E-state index contributed by atoms with van der Waals surface area (Å²) in [7, 11) is 0. The molecule has 0 aromatic heterocycles. The first-order valence-corrected chi connectivity index (χ1v) is 9.14. The summed E-state index contributed by atoms with van der Waals surface area (Å²) in [5.74, 6) is 0.0563. The molecule has 1 heterocycles. The maximum Gasteiger partial charge on any atom is 0.287 e. The van der Waals surface area contributed by atoms with Crippen LogP contribution in [0.1, 0.15) is 32.8 Å². The molecular weight excluding hydrogens is 328 g/mol. The van der Waals surface area contributed by atoms with Gasteiger partial charge in [0.1, 0.15) is 6.42 Å². The van der Waals surface area contributed by atoms with E-state index in [0.717, 1.165) is 18.7 Å². The number of benzene rings is 2. The van der Waals surface area contributed by atoms with Crippen LogP contribution in [0.2, 0.25) is 0 Å². The Morgan fingerprint density at radius 1 is 1.00 bits per heavy atom. The van der Waals surface area contributed by atoms with Gasteiger partial charge in [0.05, 0.1) is 6.17 Å². The predicted octanol–water partition coefficient (Wildman–Crippen LogP) is 3.50. The van der Waals surface area contributed by atoms with E-state index in [-0.39, 0.29) is 18.5 Å². The number of hydrogen-bond acceptors (Lipinski definition) is 4. The summed E-state index contributed by atoms with van der Waals surface area (Å²) in [6.07, 6.45) is 0.0335. The van der Waals surface area contributed by atoms with E-state index in [4.69, 9.17) is 9.47 Å². The molecule has 5 heteroatoms. The smallest absolute Gasteiger partial charge is 0.287 e. The Morgan fingerprint density at radius 3 is 2.08 bits per heavy atom. The van der Waals surface area contributed by atoms with Gasteiger partial charge in [-0.1, -0.05) is 56.3 Å². The Balaban J connectivity index is 1.81. The Morgan fingerprint density at radius 2 is 1.54 bits per heavy atom. The molecule has 0 fully saturated rings. The zero-order valence-electron chi connectivity index (χ0n) is 15.6. The van der Waals surface area contributed by atoms with Crippen LogP contribution in [0.25, 0.3) is 0 Å². The lowest BCUT2D eigenvalue weighted by molar-refractivity contribution is -0.140. The normalized spacial score (nSPS) is 15.7. The number of ether oxygens (including phenoxy) is 2. The van der Waals surface area contributed by atoms with E-state index in [1.54, 1.807) is 0 Å². The maximum absolute atomic E-state index is 12.8. The van der Waals surface area contributed by atoms with Crippen LogP contribution >= 0.6 is 0 Å². The van der Waals surface area contributed by atoms with Gasteiger partial charge in [-0.15, -0.1) is 0 Å². The molecule has 0 saturated heterocycles. The highest BCUT2D eigenvalue weighted by Crippen LogP contribution is 2.45. The minimum Gasteiger partial charge on any atom is -0.444 e. The molecule has 0 saturated carbocycles. The van der Waals surface area contributed by atoms with Crippen LogP contribution < -0.4 is 14.8 Å². The molecule has 0 radical (unpaired) electrons. The first-order chi connectivity index (χ1) is 12.6. The summed E-state index contributed by atoms with van der Waals surface area (Å²) >= 11 is 0. The molecule has 0 aliphatic carbocycles. The van der Waals surface area contributed by atoms with Crippen LogP contribution in [0.3, 0.4) is 0 Å². The summed E-state index contributed by atoms with van der Waals surface area (Å²) in [5.41, 5.74) is 0.821. The van der Waals surface area contributed by atoms with Crippen molar-refractivity contribution in [3.8, 4) is 11.5 Å². The van der Waals surface area contributed by atoms with Gasteiger partial charge in [-0.3, -0.25) is 9.69 Å². The molecule has 1 amide bonds. The number of nitrogens with one attached hydrogen (secondary N) is 1. The van der Waals surface area contributed by atoms with Gasteiger partial charge in [-0.2, -0.15) is 0 Å². The number of fused-ring (bicyclic) bond motifs is 1. The highest BCUT2D eigenvalue weighted by Gasteiger charge is 2.45. The molecule has 2 aromatic rings. The van der Waals surface area contributed by atoms with Gasteiger partial charge in [0.2, 0.25) is 5.91 Å². The quantitative estimate of drug-likeness (QED) is 0.773. The van der Waals surface area contributed by atoms with Crippen LogP contribution in [0.5, 0.6) is 11.5 Å². The molecule has 0 spiro atoms. The number of amides is 1. The van der Waals surface area contributed by atoms with Crippen molar-refractivity contribution < 1.29 is 14.3 Å². The van der Waals surface area contributed by atoms with E-state index < -0.39 is 5.79 Å². The largest absolute Gasteiger partial charge is 0.444 e. The molecule has 1 aliphatic rings. The fraction of sp³-hybridized carbons (Fsp3) is 0.381. The lowest BCUT2D eigenvalue weighted by atomic mass is 10.0. The summed E-state index contributed by atoms with van der Waals surface area (Å²) in [4.78, 5) is 15.0. The van der Waals surface area contributed by atoms with Gasteiger partial charge < -0.3 is 14.8 Å². The zero-order valence-corrected chi connectivity index (χ0v) is 15.6. The third-order valence-corrected chi connectivity index (χ3v) is 4.74. The number of nitrogens with zero attached hydrogens (tertiary/aromatic N) is 1. The monoisotopic (exact) mass is 354 g/mol. The van der Waals surface area contributed by atoms with Crippen LogP contribution in [0.15, 0.2) is 54.6 Å². The first kappa shape index (κ1) is 18.3. The molecule has 138 valence electrons. The minimum absolute atomic E-state index is 0.0471. The van der Waals surface area contributed by atoms with Crippen LogP contribution in [0, 0.1) is 0 Å². The Bertz CT molecular complexity index is 719. The third kappa shape index (κ3) is 3.68. The fourth-order valence-electron chi connectivity index (χ4n) is 3.34. The van der Waals surface area contributed by atoms with E-state index >= 15 is 0 Å². The van der Waals surface area contributed by atoms with Gasteiger partial charge in [0.15, 0.2) is 11.5 Å². The van der Waals surface area contributed by atoms with E-state index in [2.05, 4.69) is 24.1 Å². The standard InChI is InChI=1S/C21H26N2O3/c1-4-23(5-2)16(3)22-20(24)15-21(17-11-7-6-8-12-17)25-18-13-9-10-14-19(18)26-21/h6-14,16H,4-5,15H2,1-3H3,(H,22,24). The molecule has 26 heavy (non-hydrogen) atoms.